The third kappa shape index (κ3) is 7.16. The summed E-state index contributed by atoms with van der Waals surface area (Å²) in [4.78, 5) is 18.6. The smallest absolute Gasteiger partial charge is 0.248 e. The quantitative estimate of drug-likeness (QED) is 0.436. The maximum absolute atomic E-state index is 11.3. The number of anilines is 1. The van der Waals surface area contributed by atoms with E-state index in [1.54, 1.807) is 30.9 Å². The van der Waals surface area contributed by atoms with E-state index in [1.807, 2.05) is 42.5 Å². The molecule has 1 amide bonds. The predicted molar refractivity (Wildman–Crippen MR) is 109 cm³/mol. The predicted octanol–water partition coefficient (Wildman–Crippen LogP) is 3.46. The maximum Gasteiger partial charge on any atom is 0.248 e. The van der Waals surface area contributed by atoms with Crippen molar-refractivity contribution >= 4 is 11.6 Å². The molecule has 1 aromatic heterocycles. The summed E-state index contributed by atoms with van der Waals surface area (Å²) in [7, 11) is 0. The number of aromatic nitrogens is 2. The van der Waals surface area contributed by atoms with Crippen molar-refractivity contribution in [3.05, 3.63) is 109 Å². The van der Waals surface area contributed by atoms with Gasteiger partial charge in [-0.1, -0.05) is 42.9 Å². The lowest BCUT2D eigenvalue weighted by molar-refractivity contribution is -0.114. The summed E-state index contributed by atoms with van der Waals surface area (Å²) in [6, 6.07) is 13.4. The van der Waals surface area contributed by atoms with Crippen LogP contribution >= 0.6 is 0 Å². The van der Waals surface area contributed by atoms with Crippen LogP contribution in [0.25, 0.3) is 0 Å². The zero-order valence-corrected chi connectivity index (χ0v) is 14.7. The molecular formula is C22H20N4O. The van der Waals surface area contributed by atoms with Crippen LogP contribution in [0.3, 0.4) is 0 Å². The van der Waals surface area contributed by atoms with E-state index in [1.165, 1.54) is 12.2 Å². The van der Waals surface area contributed by atoms with Gasteiger partial charge in [-0.3, -0.25) is 9.78 Å². The van der Waals surface area contributed by atoms with Crippen molar-refractivity contribution in [2.24, 2.45) is 5.73 Å². The van der Waals surface area contributed by atoms with Gasteiger partial charge in [0.15, 0.2) is 0 Å². The topological polar surface area (TPSA) is 83.8 Å². The van der Waals surface area contributed by atoms with Gasteiger partial charge in [-0.25, -0.2) is 0 Å². The minimum absolute atomic E-state index is 0.341. The molecule has 0 atom stereocenters. The van der Waals surface area contributed by atoms with Crippen LogP contribution in [-0.4, -0.2) is 15.9 Å². The van der Waals surface area contributed by atoms with Crippen molar-refractivity contribution in [3.63, 3.8) is 0 Å². The van der Waals surface area contributed by atoms with Crippen LogP contribution in [0.2, 0.25) is 0 Å². The summed E-state index contributed by atoms with van der Waals surface area (Å²) in [6.45, 7) is 3.55. The lowest BCUT2D eigenvalue weighted by atomic mass is 10.2. The molecule has 0 fully saturated rings. The van der Waals surface area contributed by atoms with Crippen molar-refractivity contribution in [1.82, 2.24) is 9.97 Å². The molecule has 4 N–H and O–H groups in total. The summed E-state index contributed by atoms with van der Waals surface area (Å²) < 4.78 is 0. The third-order valence-corrected chi connectivity index (χ3v) is 3.24. The molecule has 27 heavy (non-hydrogen) atoms. The lowest BCUT2D eigenvalue weighted by Crippen LogP contribution is -2.12. The van der Waals surface area contributed by atoms with Crippen LogP contribution in [0.1, 0.15) is 11.3 Å². The Morgan fingerprint density at radius 3 is 2.70 bits per heavy atom. The molecule has 0 saturated carbocycles. The minimum atomic E-state index is -0.529. The van der Waals surface area contributed by atoms with Gasteiger partial charge < -0.3 is 16.0 Å². The van der Waals surface area contributed by atoms with E-state index in [9.17, 15) is 4.79 Å². The highest BCUT2D eigenvalue weighted by molar-refractivity contribution is 5.95. The molecule has 2 aromatic rings. The standard InChI is InChI=1S/C22H20N4O/c1-2-7-19(22(23)27)13-15-26-20-10-6-14-25-21(17-24-16-20)12-11-18-8-4-3-5-9-18/h2-10,13-17,25-26H,1H2,(H2,23,27)/b14-6?,15-13+,19-7+,20-10?,21-17?,24-16?. The summed E-state index contributed by atoms with van der Waals surface area (Å²) >= 11 is 0. The van der Waals surface area contributed by atoms with Crippen LogP contribution in [0.5, 0.6) is 0 Å². The highest BCUT2D eigenvalue weighted by atomic mass is 16.1. The van der Waals surface area contributed by atoms with Crippen LogP contribution < -0.4 is 11.1 Å². The fourth-order valence-electron chi connectivity index (χ4n) is 1.95. The first-order valence-electron chi connectivity index (χ1n) is 8.18. The first kappa shape index (κ1) is 19.3. The summed E-state index contributed by atoms with van der Waals surface area (Å²) in [5.41, 5.74) is 7.94. The van der Waals surface area contributed by atoms with Crippen LogP contribution in [0.4, 0.5) is 5.69 Å². The van der Waals surface area contributed by atoms with E-state index < -0.39 is 5.91 Å². The molecule has 0 bridgehead atoms. The molecule has 0 aliphatic heterocycles. The summed E-state index contributed by atoms with van der Waals surface area (Å²) in [6.07, 6.45) is 11.3. The molecule has 0 spiro atoms. The van der Waals surface area contributed by atoms with Gasteiger partial charge in [0.1, 0.15) is 5.69 Å². The second-order valence-electron chi connectivity index (χ2n) is 5.26. The molecule has 0 saturated heterocycles. The minimum Gasteiger partial charge on any atom is -0.366 e. The average molecular weight is 356 g/mol. The van der Waals surface area contributed by atoms with Gasteiger partial charge in [0.2, 0.25) is 5.91 Å². The van der Waals surface area contributed by atoms with Crippen molar-refractivity contribution < 1.29 is 4.79 Å². The molecule has 1 heterocycles. The maximum atomic E-state index is 11.3. The molecule has 0 unspecified atom stereocenters. The van der Waals surface area contributed by atoms with E-state index in [-0.39, 0.29) is 0 Å². The van der Waals surface area contributed by atoms with Gasteiger partial charge >= 0.3 is 0 Å². The van der Waals surface area contributed by atoms with E-state index in [2.05, 4.69) is 33.7 Å². The number of primary amides is 1. The van der Waals surface area contributed by atoms with Gasteiger partial charge in [-0.2, -0.15) is 0 Å². The number of nitrogens with zero attached hydrogens (tertiary/aromatic N) is 1. The van der Waals surface area contributed by atoms with Gasteiger partial charge in [0.05, 0.1) is 18.1 Å². The number of amides is 1. The summed E-state index contributed by atoms with van der Waals surface area (Å²) in [5, 5.41) is 3.04. The first-order valence-corrected chi connectivity index (χ1v) is 8.18. The van der Waals surface area contributed by atoms with Crippen LogP contribution in [0.15, 0.2) is 97.6 Å². The number of hydrogen-bond acceptors (Lipinski definition) is 3. The number of benzene rings is 1. The third-order valence-electron chi connectivity index (χ3n) is 3.24. The van der Waals surface area contributed by atoms with Gasteiger partial charge in [0.25, 0.3) is 0 Å². The number of carbonyl (C=O) groups excluding carboxylic acids is 1. The monoisotopic (exact) mass is 356 g/mol. The zero-order valence-electron chi connectivity index (χ0n) is 14.7. The molecule has 2 rings (SSSR count). The number of rotatable bonds is 5. The molecule has 1 aromatic carbocycles. The Kier molecular flexibility index (Phi) is 7.68. The van der Waals surface area contributed by atoms with Crippen molar-refractivity contribution in [3.8, 4) is 11.8 Å². The number of H-pyrrole nitrogens is 1. The van der Waals surface area contributed by atoms with E-state index in [0.29, 0.717) is 11.3 Å². The van der Waals surface area contributed by atoms with Crippen molar-refractivity contribution in [1.29, 1.82) is 0 Å². The zero-order chi connectivity index (χ0) is 19.3. The van der Waals surface area contributed by atoms with Crippen molar-refractivity contribution in [2.75, 3.05) is 5.32 Å². The Labute approximate surface area is 158 Å². The molecule has 5 nitrogen and oxygen atoms in total. The number of aromatic amines is 1. The number of hydrogen-bond donors (Lipinski definition) is 3. The second-order valence-corrected chi connectivity index (χ2v) is 5.26. The SMILES string of the molecule is C=C/C=C(\C=C\Nc1ccc[nH]c(C#Cc2ccccc2)cnc1)C(N)=O. The van der Waals surface area contributed by atoms with E-state index >= 15 is 0 Å². The van der Waals surface area contributed by atoms with E-state index in [4.69, 9.17) is 5.73 Å². The van der Waals surface area contributed by atoms with Gasteiger partial charge in [-0.05, 0) is 36.3 Å². The number of allylic oxidation sites excluding steroid dienone is 2. The Morgan fingerprint density at radius 1 is 1.15 bits per heavy atom. The van der Waals surface area contributed by atoms with Gasteiger partial charge in [-0.15, -0.1) is 0 Å². The fourth-order valence-corrected chi connectivity index (χ4v) is 1.95. The highest BCUT2D eigenvalue weighted by Gasteiger charge is 1.97. The Hall–Kier alpha value is -4.04. The van der Waals surface area contributed by atoms with E-state index in [0.717, 1.165) is 11.3 Å². The Morgan fingerprint density at radius 2 is 1.96 bits per heavy atom. The van der Waals surface area contributed by atoms with Crippen LogP contribution in [-0.2, 0) is 4.79 Å². The molecule has 0 radical (unpaired) electrons. The second kappa shape index (κ2) is 10.7. The number of nitrogens with one attached hydrogen (secondary N) is 2. The van der Waals surface area contributed by atoms with Crippen LogP contribution in [0, 0.1) is 11.8 Å². The lowest BCUT2D eigenvalue weighted by Gasteiger charge is -1.97. The van der Waals surface area contributed by atoms with Crippen molar-refractivity contribution in [2.45, 2.75) is 0 Å². The number of carbonyl (C=O) groups is 1. The largest absolute Gasteiger partial charge is 0.366 e. The summed E-state index contributed by atoms with van der Waals surface area (Å²) in [5.74, 6) is 5.59. The molecular weight excluding hydrogens is 336 g/mol. The first-order chi connectivity index (χ1) is 13.2. The fraction of sp³-hybridized carbons (Fsp3) is 0. The number of nitrogens with two attached hydrogens (primary N) is 1. The molecule has 134 valence electrons. The Bertz CT molecular complexity index is 958. The molecule has 0 aliphatic rings. The highest BCUT2D eigenvalue weighted by Crippen LogP contribution is 2.03. The normalized spacial score (nSPS) is 10.4. The van der Waals surface area contributed by atoms with Gasteiger partial charge in [0, 0.05) is 23.5 Å². The molecule has 0 aliphatic carbocycles. The average Bonchev–Trinajstić information content (AvgIpc) is 2.78. The molecule has 5 heteroatoms. The Balaban J connectivity index is 2.16.